The van der Waals surface area contributed by atoms with Crippen LogP contribution in [0.3, 0.4) is 0 Å². The highest BCUT2D eigenvalue weighted by atomic mass is 19.3. The first-order valence-corrected chi connectivity index (χ1v) is 13.4. The highest BCUT2D eigenvalue weighted by molar-refractivity contribution is 5.66. The second-order valence-corrected chi connectivity index (χ2v) is 10.2. The first kappa shape index (κ1) is 25.2. The van der Waals surface area contributed by atoms with Crippen LogP contribution in [0.15, 0.2) is 30.3 Å². The minimum absolute atomic E-state index is 0.238. The van der Waals surface area contributed by atoms with Crippen LogP contribution in [-0.2, 0) is 0 Å². The van der Waals surface area contributed by atoms with Crippen molar-refractivity contribution in [1.82, 2.24) is 0 Å². The zero-order valence-corrected chi connectivity index (χ0v) is 20.2. The Morgan fingerprint density at radius 2 is 1.47 bits per heavy atom. The third-order valence-electron chi connectivity index (χ3n) is 7.93. The van der Waals surface area contributed by atoms with Gasteiger partial charge in [0.2, 0.25) is 0 Å². The Bertz CT molecular complexity index is 658. The Balaban J connectivity index is 1.31. The van der Waals surface area contributed by atoms with Gasteiger partial charge in [0.05, 0.1) is 0 Å². The Morgan fingerprint density at radius 1 is 0.812 bits per heavy atom. The molecule has 0 saturated heterocycles. The van der Waals surface area contributed by atoms with E-state index in [0.717, 1.165) is 29.7 Å². The normalized spacial score (nSPS) is 23.9. The molecule has 1 atom stereocenters. The summed E-state index contributed by atoms with van der Waals surface area (Å²) in [6, 6.07) is 7.14. The molecular weight excluding hydrogens is 402 g/mol. The lowest BCUT2D eigenvalue weighted by molar-refractivity contribution is -0.0498. The molecule has 1 aromatic rings. The quantitative estimate of drug-likeness (QED) is 0.274. The second kappa shape index (κ2) is 14.0. The number of halogens is 2. The summed E-state index contributed by atoms with van der Waals surface area (Å²) in [7, 11) is 0. The second-order valence-electron chi connectivity index (χ2n) is 10.2. The van der Waals surface area contributed by atoms with Crippen LogP contribution in [0.4, 0.5) is 8.78 Å². The molecule has 0 aliphatic heterocycles. The number of hydrogen-bond donors (Lipinski definition) is 0. The van der Waals surface area contributed by atoms with E-state index in [1.165, 1.54) is 102 Å². The number of alkyl halides is 2. The van der Waals surface area contributed by atoms with Crippen molar-refractivity contribution >= 4 is 5.57 Å². The molecule has 3 rings (SSSR count). The molecule has 0 bridgehead atoms. The van der Waals surface area contributed by atoms with Gasteiger partial charge in [-0.25, -0.2) is 0 Å². The van der Waals surface area contributed by atoms with Gasteiger partial charge < -0.3 is 4.74 Å². The lowest BCUT2D eigenvalue weighted by Crippen LogP contribution is -2.23. The van der Waals surface area contributed by atoms with Crippen molar-refractivity contribution in [3.8, 4) is 5.75 Å². The molecule has 1 saturated carbocycles. The van der Waals surface area contributed by atoms with E-state index in [-0.39, 0.29) is 5.75 Å². The SMILES string of the molecule is CCCCCCCCCC[C@H]1CC[C@H](C2CC=C(c3ccc(OC(F)F)cc3)CC2)CC1. The zero-order valence-electron chi connectivity index (χ0n) is 20.2. The summed E-state index contributed by atoms with van der Waals surface area (Å²) in [5.41, 5.74) is 2.52. The van der Waals surface area contributed by atoms with Gasteiger partial charge in [-0.1, -0.05) is 95.8 Å². The van der Waals surface area contributed by atoms with Crippen LogP contribution in [-0.4, -0.2) is 6.61 Å². The van der Waals surface area contributed by atoms with Crippen molar-refractivity contribution in [3.63, 3.8) is 0 Å². The van der Waals surface area contributed by atoms with Crippen molar-refractivity contribution in [2.24, 2.45) is 17.8 Å². The average Bonchev–Trinajstić information content (AvgIpc) is 2.81. The molecule has 0 heterocycles. The van der Waals surface area contributed by atoms with E-state index in [1.54, 1.807) is 12.1 Å². The molecule has 1 unspecified atom stereocenters. The number of ether oxygens (including phenoxy) is 1. The molecule has 180 valence electrons. The predicted molar refractivity (Wildman–Crippen MR) is 131 cm³/mol. The van der Waals surface area contributed by atoms with E-state index in [9.17, 15) is 8.78 Å². The number of allylic oxidation sites excluding steroid dienone is 2. The van der Waals surface area contributed by atoms with Crippen LogP contribution in [0.5, 0.6) is 5.75 Å². The highest BCUT2D eigenvalue weighted by Gasteiger charge is 2.28. The maximum absolute atomic E-state index is 12.3. The Hall–Kier alpha value is -1.38. The van der Waals surface area contributed by atoms with E-state index in [0.29, 0.717) is 0 Å². The van der Waals surface area contributed by atoms with Gasteiger partial charge in [0, 0.05) is 0 Å². The lowest BCUT2D eigenvalue weighted by Gasteiger charge is -2.35. The summed E-state index contributed by atoms with van der Waals surface area (Å²) in [6.45, 7) is -0.471. The Kier molecular flexibility index (Phi) is 11.1. The molecule has 1 nitrogen and oxygen atoms in total. The van der Waals surface area contributed by atoms with Crippen molar-refractivity contribution < 1.29 is 13.5 Å². The summed E-state index contributed by atoms with van der Waals surface area (Å²) in [4.78, 5) is 0. The van der Waals surface area contributed by atoms with Gasteiger partial charge in [-0.2, -0.15) is 8.78 Å². The van der Waals surface area contributed by atoms with Gasteiger partial charge in [0.1, 0.15) is 5.75 Å². The monoisotopic (exact) mass is 446 g/mol. The van der Waals surface area contributed by atoms with Crippen LogP contribution < -0.4 is 4.74 Å². The maximum Gasteiger partial charge on any atom is 0.387 e. The van der Waals surface area contributed by atoms with Crippen LogP contribution in [0.25, 0.3) is 5.57 Å². The molecule has 0 spiro atoms. The minimum atomic E-state index is -2.76. The van der Waals surface area contributed by atoms with E-state index in [1.807, 2.05) is 12.1 Å². The molecule has 32 heavy (non-hydrogen) atoms. The summed E-state index contributed by atoms with van der Waals surface area (Å²) < 4.78 is 29.1. The van der Waals surface area contributed by atoms with E-state index < -0.39 is 6.61 Å². The predicted octanol–water partition coefficient (Wildman–Crippen LogP) is 9.81. The fourth-order valence-corrected chi connectivity index (χ4v) is 5.91. The maximum atomic E-state index is 12.3. The zero-order chi connectivity index (χ0) is 22.6. The Labute approximate surface area is 195 Å². The number of benzene rings is 1. The molecule has 0 radical (unpaired) electrons. The molecule has 2 aliphatic carbocycles. The first-order chi connectivity index (χ1) is 15.7. The third-order valence-corrected chi connectivity index (χ3v) is 7.93. The highest BCUT2D eigenvalue weighted by Crippen LogP contribution is 2.42. The van der Waals surface area contributed by atoms with E-state index >= 15 is 0 Å². The average molecular weight is 447 g/mol. The fraction of sp³-hybridized carbons (Fsp3) is 0.724. The number of unbranched alkanes of at least 4 members (excludes halogenated alkanes) is 7. The molecule has 0 amide bonds. The minimum Gasteiger partial charge on any atom is -0.435 e. The van der Waals surface area contributed by atoms with Gasteiger partial charge in [-0.05, 0) is 73.1 Å². The van der Waals surface area contributed by atoms with Crippen molar-refractivity contribution in [1.29, 1.82) is 0 Å². The molecule has 1 aromatic carbocycles. The standard InChI is InChI=1S/C29H44F2O/c1-2-3-4-5-6-7-8-9-10-23-11-13-24(14-12-23)25-15-17-26(18-16-25)27-19-21-28(22-20-27)32-29(30)31/h17,19-25,29H,2-16,18H2,1H3/t23-,24-,25?. The molecule has 0 N–H and O–H groups in total. The van der Waals surface area contributed by atoms with Gasteiger partial charge in [-0.15, -0.1) is 0 Å². The summed E-state index contributed by atoms with van der Waals surface area (Å²) in [5, 5.41) is 0. The molecule has 2 aliphatic rings. The molecule has 1 fully saturated rings. The van der Waals surface area contributed by atoms with Crippen molar-refractivity contribution in [2.75, 3.05) is 0 Å². The van der Waals surface area contributed by atoms with Crippen molar-refractivity contribution in [2.45, 2.75) is 116 Å². The van der Waals surface area contributed by atoms with Gasteiger partial charge in [-0.3, -0.25) is 0 Å². The van der Waals surface area contributed by atoms with Crippen LogP contribution in [0, 0.1) is 17.8 Å². The molecule has 3 heteroatoms. The summed E-state index contributed by atoms with van der Waals surface area (Å²) in [5.74, 6) is 2.96. The topological polar surface area (TPSA) is 9.23 Å². The van der Waals surface area contributed by atoms with Crippen LogP contribution in [0.2, 0.25) is 0 Å². The van der Waals surface area contributed by atoms with Crippen LogP contribution in [0.1, 0.15) is 115 Å². The van der Waals surface area contributed by atoms with Crippen LogP contribution >= 0.6 is 0 Å². The lowest BCUT2D eigenvalue weighted by atomic mass is 9.70. The Morgan fingerprint density at radius 3 is 2.06 bits per heavy atom. The number of rotatable bonds is 13. The van der Waals surface area contributed by atoms with E-state index in [4.69, 9.17) is 0 Å². The van der Waals surface area contributed by atoms with Gasteiger partial charge in [0.15, 0.2) is 0 Å². The van der Waals surface area contributed by atoms with Gasteiger partial charge >= 0.3 is 6.61 Å². The third kappa shape index (κ3) is 8.52. The number of hydrogen-bond acceptors (Lipinski definition) is 1. The first-order valence-electron chi connectivity index (χ1n) is 13.4. The summed E-state index contributed by atoms with van der Waals surface area (Å²) >= 11 is 0. The largest absolute Gasteiger partial charge is 0.435 e. The molecular formula is C29H44F2O. The fourth-order valence-electron chi connectivity index (χ4n) is 5.91. The molecule has 0 aromatic heterocycles. The van der Waals surface area contributed by atoms with E-state index in [2.05, 4.69) is 17.7 Å². The summed E-state index contributed by atoms with van der Waals surface area (Å²) in [6.07, 6.45) is 24.6. The van der Waals surface area contributed by atoms with Crippen molar-refractivity contribution in [3.05, 3.63) is 35.9 Å². The van der Waals surface area contributed by atoms with Gasteiger partial charge in [0.25, 0.3) is 0 Å². The smallest absolute Gasteiger partial charge is 0.387 e.